The molecule has 7 heteroatoms. The SMILES string of the molecule is CNS(=O)(=O)N(C)Cc1noc2ccccc12. The largest absolute Gasteiger partial charge is 0.356 e. The Bertz CT molecular complexity index is 621. The molecule has 0 amide bonds. The van der Waals surface area contributed by atoms with Gasteiger partial charge in [0.15, 0.2) is 5.58 Å². The van der Waals surface area contributed by atoms with Crippen LogP contribution >= 0.6 is 0 Å². The number of hydrogen-bond acceptors (Lipinski definition) is 4. The van der Waals surface area contributed by atoms with Crippen molar-refractivity contribution in [3.63, 3.8) is 0 Å². The molecule has 17 heavy (non-hydrogen) atoms. The highest BCUT2D eigenvalue weighted by Gasteiger charge is 2.18. The molecule has 6 nitrogen and oxygen atoms in total. The second kappa shape index (κ2) is 4.44. The van der Waals surface area contributed by atoms with Crippen LogP contribution in [0.25, 0.3) is 11.0 Å². The molecule has 0 saturated heterocycles. The molecule has 1 aromatic carbocycles. The van der Waals surface area contributed by atoms with Gasteiger partial charge in [0.1, 0.15) is 5.69 Å². The maximum atomic E-state index is 11.5. The lowest BCUT2D eigenvalue weighted by Crippen LogP contribution is -2.35. The third-order valence-corrected chi connectivity index (χ3v) is 3.96. The Balaban J connectivity index is 2.31. The quantitative estimate of drug-likeness (QED) is 0.873. The predicted octanol–water partition coefficient (Wildman–Crippen LogP) is 0.724. The minimum Gasteiger partial charge on any atom is -0.356 e. The molecule has 0 saturated carbocycles. The number of rotatable bonds is 4. The van der Waals surface area contributed by atoms with Crippen molar-refractivity contribution < 1.29 is 12.9 Å². The van der Waals surface area contributed by atoms with E-state index in [1.165, 1.54) is 18.4 Å². The monoisotopic (exact) mass is 255 g/mol. The maximum absolute atomic E-state index is 11.5. The summed E-state index contributed by atoms with van der Waals surface area (Å²) in [6.07, 6.45) is 0. The fourth-order valence-corrected chi connectivity index (χ4v) is 2.11. The van der Waals surface area contributed by atoms with E-state index in [4.69, 9.17) is 4.52 Å². The van der Waals surface area contributed by atoms with Gasteiger partial charge in [-0.15, -0.1) is 0 Å². The minimum absolute atomic E-state index is 0.167. The topological polar surface area (TPSA) is 75.4 Å². The Morgan fingerprint density at radius 3 is 2.82 bits per heavy atom. The number of aromatic nitrogens is 1. The first-order chi connectivity index (χ1) is 8.04. The molecule has 0 atom stereocenters. The van der Waals surface area contributed by atoms with Crippen molar-refractivity contribution in [3.05, 3.63) is 30.0 Å². The van der Waals surface area contributed by atoms with Gasteiger partial charge >= 0.3 is 0 Å². The van der Waals surface area contributed by atoms with Gasteiger partial charge in [0.25, 0.3) is 10.2 Å². The van der Waals surface area contributed by atoms with Crippen molar-refractivity contribution in [3.8, 4) is 0 Å². The zero-order valence-electron chi connectivity index (χ0n) is 9.54. The first-order valence-corrected chi connectivity index (χ1v) is 6.46. The van der Waals surface area contributed by atoms with Crippen LogP contribution in [0.4, 0.5) is 0 Å². The van der Waals surface area contributed by atoms with Gasteiger partial charge in [-0.1, -0.05) is 17.3 Å². The Morgan fingerprint density at radius 1 is 1.41 bits per heavy atom. The maximum Gasteiger partial charge on any atom is 0.279 e. The van der Waals surface area contributed by atoms with Crippen molar-refractivity contribution in [1.29, 1.82) is 0 Å². The molecule has 0 bridgehead atoms. The molecule has 0 aliphatic carbocycles. The second-order valence-electron chi connectivity index (χ2n) is 3.59. The highest BCUT2D eigenvalue weighted by Crippen LogP contribution is 2.19. The van der Waals surface area contributed by atoms with Crippen molar-refractivity contribution in [2.45, 2.75) is 6.54 Å². The van der Waals surface area contributed by atoms with Gasteiger partial charge in [-0.05, 0) is 12.1 Å². The van der Waals surface area contributed by atoms with E-state index in [0.717, 1.165) is 5.39 Å². The lowest BCUT2D eigenvalue weighted by molar-refractivity contribution is 0.413. The molecule has 0 aliphatic rings. The standard InChI is InChI=1S/C10H13N3O3S/c1-11-17(14,15)13(2)7-9-8-5-3-4-6-10(8)16-12-9/h3-6,11H,7H2,1-2H3. The number of benzene rings is 1. The van der Waals surface area contributed by atoms with Crippen LogP contribution in [-0.4, -0.2) is 32.0 Å². The molecule has 92 valence electrons. The van der Waals surface area contributed by atoms with E-state index in [2.05, 4.69) is 9.88 Å². The number of fused-ring (bicyclic) bond motifs is 1. The van der Waals surface area contributed by atoms with E-state index in [9.17, 15) is 8.42 Å². The summed E-state index contributed by atoms with van der Waals surface area (Å²) in [5.74, 6) is 0. The average Bonchev–Trinajstić information content (AvgIpc) is 2.73. The summed E-state index contributed by atoms with van der Waals surface area (Å²) in [6, 6.07) is 7.33. The van der Waals surface area contributed by atoms with Crippen LogP contribution < -0.4 is 4.72 Å². The second-order valence-corrected chi connectivity index (χ2v) is 5.57. The van der Waals surface area contributed by atoms with E-state index < -0.39 is 10.2 Å². The zero-order chi connectivity index (χ0) is 12.5. The van der Waals surface area contributed by atoms with Crippen molar-refractivity contribution in [2.24, 2.45) is 0 Å². The lowest BCUT2D eigenvalue weighted by Gasteiger charge is -2.14. The molecular formula is C10H13N3O3S. The van der Waals surface area contributed by atoms with E-state index in [0.29, 0.717) is 11.3 Å². The molecule has 2 aromatic rings. The highest BCUT2D eigenvalue weighted by molar-refractivity contribution is 7.87. The van der Waals surface area contributed by atoms with Crippen LogP contribution in [-0.2, 0) is 16.8 Å². The van der Waals surface area contributed by atoms with Crippen molar-refractivity contribution >= 4 is 21.2 Å². The fourth-order valence-electron chi connectivity index (χ4n) is 1.50. The molecule has 0 spiro atoms. The number of nitrogens with zero attached hydrogens (tertiary/aromatic N) is 2. The normalized spacial score (nSPS) is 12.4. The zero-order valence-corrected chi connectivity index (χ0v) is 10.4. The molecule has 1 N–H and O–H groups in total. The summed E-state index contributed by atoms with van der Waals surface area (Å²) in [7, 11) is -0.592. The summed E-state index contributed by atoms with van der Waals surface area (Å²) < 4.78 is 31.6. The smallest absolute Gasteiger partial charge is 0.279 e. The Labute approximate surface area is 99.4 Å². The Kier molecular flexibility index (Phi) is 3.14. The van der Waals surface area contributed by atoms with E-state index in [1.54, 1.807) is 6.07 Å². The molecule has 0 unspecified atom stereocenters. The predicted molar refractivity (Wildman–Crippen MR) is 63.5 cm³/mol. The van der Waals surface area contributed by atoms with Crippen LogP contribution in [0.15, 0.2) is 28.8 Å². The summed E-state index contributed by atoms with van der Waals surface area (Å²) in [4.78, 5) is 0. The summed E-state index contributed by atoms with van der Waals surface area (Å²) in [5.41, 5.74) is 1.25. The number of para-hydroxylation sites is 1. The fraction of sp³-hybridized carbons (Fsp3) is 0.300. The number of nitrogens with one attached hydrogen (secondary N) is 1. The van der Waals surface area contributed by atoms with Crippen molar-refractivity contribution in [2.75, 3.05) is 14.1 Å². The van der Waals surface area contributed by atoms with Gasteiger partial charge in [-0.3, -0.25) is 0 Å². The number of hydrogen-bond donors (Lipinski definition) is 1. The third kappa shape index (κ3) is 2.31. The summed E-state index contributed by atoms with van der Waals surface area (Å²) in [6.45, 7) is 0.167. The van der Waals surface area contributed by atoms with Gasteiger partial charge in [-0.25, -0.2) is 4.72 Å². The molecule has 0 aliphatic heterocycles. The van der Waals surface area contributed by atoms with Crippen LogP contribution in [0.3, 0.4) is 0 Å². The molecule has 2 rings (SSSR count). The Hall–Kier alpha value is -1.44. The van der Waals surface area contributed by atoms with Gasteiger partial charge in [0.05, 0.1) is 6.54 Å². The highest BCUT2D eigenvalue weighted by atomic mass is 32.2. The van der Waals surface area contributed by atoms with Gasteiger partial charge in [0.2, 0.25) is 0 Å². The van der Waals surface area contributed by atoms with Gasteiger partial charge in [-0.2, -0.15) is 12.7 Å². The first-order valence-electron chi connectivity index (χ1n) is 5.02. The van der Waals surface area contributed by atoms with Crippen LogP contribution in [0, 0.1) is 0 Å². The van der Waals surface area contributed by atoms with Crippen LogP contribution in [0.2, 0.25) is 0 Å². The van der Waals surface area contributed by atoms with E-state index in [-0.39, 0.29) is 6.54 Å². The third-order valence-electron chi connectivity index (χ3n) is 2.49. The molecular weight excluding hydrogens is 242 g/mol. The molecule has 0 radical (unpaired) electrons. The average molecular weight is 255 g/mol. The Morgan fingerprint density at radius 2 is 2.12 bits per heavy atom. The van der Waals surface area contributed by atoms with Gasteiger partial charge in [0, 0.05) is 19.5 Å². The van der Waals surface area contributed by atoms with E-state index >= 15 is 0 Å². The summed E-state index contributed by atoms with van der Waals surface area (Å²) >= 11 is 0. The summed E-state index contributed by atoms with van der Waals surface area (Å²) in [5, 5.41) is 4.70. The van der Waals surface area contributed by atoms with Crippen LogP contribution in [0.1, 0.15) is 5.69 Å². The minimum atomic E-state index is -3.44. The molecule has 1 aromatic heterocycles. The van der Waals surface area contributed by atoms with Gasteiger partial charge < -0.3 is 4.52 Å². The van der Waals surface area contributed by atoms with Crippen molar-refractivity contribution in [1.82, 2.24) is 14.2 Å². The molecule has 1 heterocycles. The van der Waals surface area contributed by atoms with Crippen LogP contribution in [0.5, 0.6) is 0 Å². The van der Waals surface area contributed by atoms with E-state index in [1.807, 2.05) is 18.2 Å². The lowest BCUT2D eigenvalue weighted by atomic mass is 10.2. The first kappa shape index (κ1) is 12.0. The molecule has 0 fully saturated rings.